The number of piperidine rings is 1. The third-order valence-electron chi connectivity index (χ3n) is 3.73. The minimum absolute atomic E-state index is 0.301. The van der Waals surface area contributed by atoms with Crippen molar-refractivity contribution in [1.82, 2.24) is 10.2 Å². The summed E-state index contributed by atoms with van der Waals surface area (Å²) in [7, 11) is 2.15. The molecule has 2 atom stereocenters. The molecule has 1 heterocycles. The van der Waals surface area contributed by atoms with Crippen LogP contribution in [0.2, 0.25) is 0 Å². The predicted molar refractivity (Wildman–Crippen MR) is 74.5 cm³/mol. The van der Waals surface area contributed by atoms with Crippen molar-refractivity contribution in [2.75, 3.05) is 33.2 Å². The van der Waals surface area contributed by atoms with Gasteiger partial charge < -0.3 is 15.3 Å². The Kier molecular flexibility index (Phi) is 5.31. The number of benzene rings is 1. The predicted octanol–water partition coefficient (Wildman–Crippen LogP) is 1.79. The summed E-state index contributed by atoms with van der Waals surface area (Å²) in [6, 6.07) is 6.16. The molecule has 0 radical (unpaired) electrons. The fourth-order valence-electron chi connectivity index (χ4n) is 2.70. The molecule has 106 valence electrons. The average Bonchev–Trinajstić information content (AvgIpc) is 2.38. The molecular weight excluding hydrogens is 243 g/mol. The van der Waals surface area contributed by atoms with Gasteiger partial charge in [-0.05, 0) is 56.6 Å². The number of rotatable bonds is 5. The Bertz CT molecular complexity index is 399. The van der Waals surface area contributed by atoms with Gasteiger partial charge in [0.1, 0.15) is 5.82 Å². The second-order valence-corrected chi connectivity index (χ2v) is 5.50. The third kappa shape index (κ3) is 4.56. The lowest BCUT2D eigenvalue weighted by atomic mass is 9.98. The number of aliphatic hydroxyl groups is 1. The van der Waals surface area contributed by atoms with Crippen molar-refractivity contribution >= 4 is 0 Å². The highest BCUT2D eigenvalue weighted by molar-refractivity contribution is 5.18. The maximum Gasteiger partial charge on any atom is 0.123 e. The van der Waals surface area contributed by atoms with E-state index in [2.05, 4.69) is 17.3 Å². The normalized spacial score (nSPS) is 22.4. The highest BCUT2D eigenvalue weighted by Gasteiger charge is 2.17. The van der Waals surface area contributed by atoms with Crippen molar-refractivity contribution in [3.05, 3.63) is 35.6 Å². The second-order valence-electron chi connectivity index (χ2n) is 5.50. The first-order chi connectivity index (χ1) is 9.15. The zero-order valence-corrected chi connectivity index (χ0v) is 11.5. The molecule has 3 nitrogen and oxygen atoms in total. The maximum atomic E-state index is 13.0. The van der Waals surface area contributed by atoms with Crippen LogP contribution < -0.4 is 5.32 Å². The molecule has 0 aliphatic carbocycles. The van der Waals surface area contributed by atoms with Crippen LogP contribution in [0, 0.1) is 11.7 Å². The first-order valence-electron chi connectivity index (χ1n) is 6.98. The molecule has 0 aromatic heterocycles. The lowest BCUT2D eigenvalue weighted by molar-refractivity contribution is 0.163. The summed E-state index contributed by atoms with van der Waals surface area (Å²) in [5, 5.41) is 13.3. The van der Waals surface area contributed by atoms with Crippen LogP contribution in [0.5, 0.6) is 0 Å². The van der Waals surface area contributed by atoms with Crippen LogP contribution in [0.1, 0.15) is 24.5 Å². The van der Waals surface area contributed by atoms with Gasteiger partial charge in [-0.15, -0.1) is 0 Å². The van der Waals surface area contributed by atoms with Gasteiger partial charge in [0.2, 0.25) is 0 Å². The van der Waals surface area contributed by atoms with Crippen molar-refractivity contribution in [2.45, 2.75) is 18.9 Å². The summed E-state index contributed by atoms with van der Waals surface area (Å²) < 4.78 is 13.0. The molecule has 0 bridgehead atoms. The summed E-state index contributed by atoms with van der Waals surface area (Å²) >= 11 is 0. The third-order valence-corrected chi connectivity index (χ3v) is 3.73. The summed E-state index contributed by atoms with van der Waals surface area (Å²) in [5.41, 5.74) is 0.633. The van der Waals surface area contributed by atoms with Crippen molar-refractivity contribution in [1.29, 1.82) is 0 Å². The van der Waals surface area contributed by atoms with E-state index >= 15 is 0 Å². The topological polar surface area (TPSA) is 35.5 Å². The molecule has 0 amide bonds. The number of halogens is 1. The van der Waals surface area contributed by atoms with Crippen LogP contribution >= 0.6 is 0 Å². The van der Waals surface area contributed by atoms with Crippen molar-refractivity contribution < 1.29 is 9.50 Å². The summed E-state index contributed by atoms with van der Waals surface area (Å²) in [5.74, 6) is 0.351. The largest absolute Gasteiger partial charge is 0.387 e. The SMILES string of the molecule is CN1CCCC(CNCC(O)c2cccc(F)c2)C1. The molecule has 2 rings (SSSR count). The molecule has 1 aromatic carbocycles. The smallest absolute Gasteiger partial charge is 0.123 e. The van der Waals surface area contributed by atoms with E-state index in [-0.39, 0.29) is 5.82 Å². The number of hydrogen-bond acceptors (Lipinski definition) is 3. The molecule has 1 aliphatic heterocycles. The molecule has 19 heavy (non-hydrogen) atoms. The lowest BCUT2D eigenvalue weighted by Gasteiger charge is -2.30. The van der Waals surface area contributed by atoms with Gasteiger partial charge in [-0.1, -0.05) is 12.1 Å². The van der Waals surface area contributed by atoms with Crippen molar-refractivity contribution in [3.8, 4) is 0 Å². The first-order valence-corrected chi connectivity index (χ1v) is 6.98. The van der Waals surface area contributed by atoms with E-state index in [9.17, 15) is 9.50 Å². The minimum Gasteiger partial charge on any atom is -0.387 e. The summed E-state index contributed by atoms with van der Waals surface area (Å²) in [6.07, 6.45) is 1.85. The van der Waals surface area contributed by atoms with Gasteiger partial charge in [-0.25, -0.2) is 4.39 Å². The van der Waals surface area contributed by atoms with E-state index in [4.69, 9.17) is 0 Å². The van der Waals surface area contributed by atoms with E-state index in [0.29, 0.717) is 18.0 Å². The molecule has 4 heteroatoms. The van der Waals surface area contributed by atoms with Gasteiger partial charge >= 0.3 is 0 Å². The average molecular weight is 266 g/mol. The molecule has 1 aliphatic rings. The number of likely N-dealkylation sites (tertiary alicyclic amines) is 1. The van der Waals surface area contributed by atoms with Gasteiger partial charge in [0.15, 0.2) is 0 Å². The van der Waals surface area contributed by atoms with Gasteiger partial charge in [-0.3, -0.25) is 0 Å². The van der Waals surface area contributed by atoms with Gasteiger partial charge in [0, 0.05) is 13.1 Å². The maximum absolute atomic E-state index is 13.0. The van der Waals surface area contributed by atoms with Gasteiger partial charge in [0.25, 0.3) is 0 Å². The summed E-state index contributed by atoms with van der Waals surface area (Å²) in [6.45, 7) is 3.69. The van der Waals surface area contributed by atoms with Crippen LogP contribution in [-0.2, 0) is 0 Å². The Balaban J connectivity index is 1.73. The van der Waals surface area contributed by atoms with Gasteiger partial charge in [0.05, 0.1) is 6.10 Å². The zero-order valence-electron chi connectivity index (χ0n) is 11.5. The van der Waals surface area contributed by atoms with Crippen LogP contribution in [0.25, 0.3) is 0 Å². The van der Waals surface area contributed by atoms with Crippen LogP contribution in [0.4, 0.5) is 4.39 Å². The monoisotopic (exact) mass is 266 g/mol. The standard InChI is InChI=1S/C15H23FN2O/c1-18-7-3-4-12(11-18)9-17-10-15(19)13-5-2-6-14(16)8-13/h2,5-6,8,12,15,17,19H,3-4,7,9-11H2,1H3. The fraction of sp³-hybridized carbons (Fsp3) is 0.600. The molecule has 2 unspecified atom stereocenters. The van der Waals surface area contributed by atoms with Gasteiger partial charge in [-0.2, -0.15) is 0 Å². The zero-order chi connectivity index (χ0) is 13.7. The Labute approximate surface area is 114 Å². The molecule has 1 saturated heterocycles. The Hall–Kier alpha value is -0.970. The Morgan fingerprint density at radius 1 is 1.53 bits per heavy atom. The highest BCUT2D eigenvalue weighted by atomic mass is 19.1. The second kappa shape index (κ2) is 6.98. The molecule has 1 fully saturated rings. The number of aliphatic hydroxyl groups excluding tert-OH is 1. The molecule has 1 aromatic rings. The molecule has 0 saturated carbocycles. The van der Waals surface area contributed by atoms with E-state index in [1.807, 2.05) is 0 Å². The number of nitrogens with zero attached hydrogens (tertiary/aromatic N) is 1. The van der Waals surface area contributed by atoms with Crippen molar-refractivity contribution in [3.63, 3.8) is 0 Å². The lowest BCUT2D eigenvalue weighted by Crippen LogP contribution is -2.38. The minimum atomic E-state index is -0.642. The number of nitrogens with one attached hydrogen (secondary N) is 1. The highest BCUT2D eigenvalue weighted by Crippen LogP contribution is 2.15. The van der Waals surface area contributed by atoms with E-state index < -0.39 is 6.10 Å². The van der Waals surface area contributed by atoms with Crippen molar-refractivity contribution in [2.24, 2.45) is 5.92 Å². The molecular formula is C15H23FN2O. The number of hydrogen-bond donors (Lipinski definition) is 2. The van der Waals surface area contributed by atoms with E-state index in [1.54, 1.807) is 12.1 Å². The fourth-order valence-corrected chi connectivity index (χ4v) is 2.70. The van der Waals surface area contributed by atoms with E-state index in [0.717, 1.165) is 13.1 Å². The van der Waals surface area contributed by atoms with Crippen LogP contribution in [-0.4, -0.2) is 43.2 Å². The Morgan fingerprint density at radius 3 is 3.11 bits per heavy atom. The van der Waals surface area contributed by atoms with Crippen LogP contribution in [0.15, 0.2) is 24.3 Å². The quantitative estimate of drug-likeness (QED) is 0.853. The van der Waals surface area contributed by atoms with Crippen LogP contribution in [0.3, 0.4) is 0 Å². The first kappa shape index (κ1) is 14.4. The Morgan fingerprint density at radius 2 is 2.37 bits per heavy atom. The summed E-state index contributed by atoms with van der Waals surface area (Å²) in [4.78, 5) is 2.35. The van der Waals surface area contributed by atoms with E-state index in [1.165, 1.54) is 31.5 Å². The molecule has 2 N–H and O–H groups in total. The molecule has 0 spiro atoms.